The molecular weight excluding hydrogens is 430 g/mol. The number of nitrogens with one attached hydrogen (secondary N) is 1. The molecule has 0 bridgehead atoms. The molecule has 2 fully saturated rings. The zero-order valence-electron chi connectivity index (χ0n) is 16.0. The van der Waals surface area contributed by atoms with Gasteiger partial charge in [-0.25, -0.2) is 9.59 Å². The minimum absolute atomic E-state index is 0.151. The number of ether oxygens (including phenoxy) is 1. The molecule has 1 aromatic heterocycles. The number of fused-ring (bicyclic) bond motifs is 1. The van der Waals surface area contributed by atoms with E-state index < -0.39 is 29.4 Å². The second-order valence-corrected chi connectivity index (χ2v) is 9.35. The van der Waals surface area contributed by atoms with E-state index in [0.717, 1.165) is 17.7 Å². The molecule has 11 heteroatoms. The normalized spacial score (nSPS) is 23.1. The number of hydrogen-bond acceptors (Lipinski definition) is 7. The van der Waals surface area contributed by atoms with Gasteiger partial charge in [0.15, 0.2) is 0 Å². The third-order valence-electron chi connectivity index (χ3n) is 5.22. The Balaban J connectivity index is 1.40. The van der Waals surface area contributed by atoms with Crippen molar-refractivity contribution in [3.05, 3.63) is 33.7 Å². The number of carbonyl (C=O) groups is 4. The van der Waals surface area contributed by atoms with Gasteiger partial charge in [0.05, 0.1) is 6.42 Å². The summed E-state index contributed by atoms with van der Waals surface area (Å²) in [5.74, 6) is -1.68. The number of carbonyl (C=O) groups excluding carboxylic acids is 3. The van der Waals surface area contributed by atoms with Gasteiger partial charge in [-0.05, 0) is 24.3 Å². The predicted molar refractivity (Wildman–Crippen MR) is 110 cm³/mol. The van der Waals surface area contributed by atoms with E-state index in [1.54, 1.807) is 4.90 Å². The van der Waals surface area contributed by atoms with Crippen LogP contribution in [0.25, 0.3) is 0 Å². The lowest BCUT2D eigenvalue weighted by atomic mass is 10.0. The van der Waals surface area contributed by atoms with Crippen molar-refractivity contribution in [3.8, 4) is 0 Å². The van der Waals surface area contributed by atoms with Gasteiger partial charge >= 0.3 is 12.1 Å². The van der Waals surface area contributed by atoms with Crippen LogP contribution in [0.1, 0.15) is 17.7 Å². The summed E-state index contributed by atoms with van der Waals surface area (Å²) in [5, 5.41) is 13.8. The molecule has 0 saturated carbocycles. The van der Waals surface area contributed by atoms with Crippen molar-refractivity contribution in [1.29, 1.82) is 0 Å². The summed E-state index contributed by atoms with van der Waals surface area (Å²) < 4.78 is 5.28. The molecule has 4 heterocycles. The van der Waals surface area contributed by atoms with Gasteiger partial charge in [-0.2, -0.15) is 0 Å². The predicted octanol–water partition coefficient (Wildman–Crippen LogP) is 1.26. The maximum absolute atomic E-state index is 12.6. The lowest BCUT2D eigenvalue weighted by molar-refractivity contribution is -0.150. The van der Waals surface area contributed by atoms with E-state index in [1.165, 1.54) is 28.0 Å². The Bertz CT molecular complexity index is 894. The molecule has 2 saturated heterocycles. The average molecular weight is 452 g/mol. The summed E-state index contributed by atoms with van der Waals surface area (Å²) in [7, 11) is 0. The smallest absolute Gasteiger partial charge is 0.410 e. The first-order valence-electron chi connectivity index (χ1n) is 9.59. The van der Waals surface area contributed by atoms with Gasteiger partial charge in [0.1, 0.15) is 23.7 Å². The molecule has 3 aliphatic rings. The van der Waals surface area contributed by atoms with Crippen molar-refractivity contribution in [3.63, 3.8) is 0 Å². The van der Waals surface area contributed by atoms with E-state index in [9.17, 15) is 24.3 Å². The molecule has 2 atom stereocenters. The molecule has 0 spiro atoms. The van der Waals surface area contributed by atoms with Crippen LogP contribution in [0.3, 0.4) is 0 Å². The molecule has 0 aliphatic carbocycles. The van der Waals surface area contributed by atoms with Crippen molar-refractivity contribution < 1.29 is 29.0 Å². The number of carboxylic acids is 1. The van der Waals surface area contributed by atoms with Crippen molar-refractivity contribution in [2.45, 2.75) is 30.7 Å². The lowest BCUT2D eigenvalue weighted by Gasteiger charge is -2.49. The van der Waals surface area contributed by atoms with Crippen LogP contribution in [0.15, 0.2) is 28.8 Å². The van der Waals surface area contributed by atoms with Gasteiger partial charge in [-0.1, -0.05) is 6.07 Å². The molecule has 3 amide bonds. The molecule has 1 aromatic rings. The number of aliphatic carboxylic acids is 1. The fourth-order valence-corrected chi connectivity index (χ4v) is 5.76. The monoisotopic (exact) mass is 451 g/mol. The number of likely N-dealkylation sites (tertiary alicyclic amines) is 1. The minimum Gasteiger partial charge on any atom is -0.477 e. The third kappa shape index (κ3) is 4.04. The van der Waals surface area contributed by atoms with E-state index in [1.807, 2.05) is 17.5 Å². The van der Waals surface area contributed by atoms with E-state index in [2.05, 4.69) is 5.32 Å². The maximum atomic E-state index is 12.6. The van der Waals surface area contributed by atoms with E-state index in [4.69, 9.17) is 4.74 Å². The first kappa shape index (κ1) is 20.7. The summed E-state index contributed by atoms with van der Waals surface area (Å²) in [6, 6.07) is 2.93. The highest BCUT2D eigenvalue weighted by molar-refractivity contribution is 8.00. The molecule has 30 heavy (non-hydrogen) atoms. The van der Waals surface area contributed by atoms with Crippen molar-refractivity contribution in [2.24, 2.45) is 0 Å². The molecule has 0 unspecified atom stereocenters. The molecule has 0 aromatic carbocycles. The van der Waals surface area contributed by atoms with Gasteiger partial charge in [-0.3, -0.25) is 14.5 Å². The van der Waals surface area contributed by atoms with Crippen LogP contribution in [0, 0.1) is 0 Å². The largest absolute Gasteiger partial charge is 0.477 e. The van der Waals surface area contributed by atoms with Gasteiger partial charge in [0, 0.05) is 29.3 Å². The molecule has 0 radical (unpaired) electrons. The molecule has 9 nitrogen and oxygen atoms in total. The van der Waals surface area contributed by atoms with Crippen LogP contribution >= 0.6 is 23.1 Å². The summed E-state index contributed by atoms with van der Waals surface area (Å²) in [6.07, 6.45) is 1.57. The minimum atomic E-state index is -1.25. The lowest BCUT2D eigenvalue weighted by Crippen LogP contribution is -2.70. The molecular formula is C19H21N3O6S2. The Morgan fingerprint density at radius 3 is 2.70 bits per heavy atom. The first-order valence-corrected chi connectivity index (χ1v) is 11.5. The van der Waals surface area contributed by atoms with Crippen molar-refractivity contribution in [2.75, 3.05) is 25.4 Å². The number of nitrogens with zero attached hydrogens (tertiary/aromatic N) is 2. The molecule has 160 valence electrons. The molecule has 2 N–H and O–H groups in total. The third-order valence-corrected chi connectivity index (χ3v) is 7.43. The number of thiophene rings is 1. The average Bonchev–Trinajstić information content (AvgIpc) is 3.43. The summed E-state index contributed by atoms with van der Waals surface area (Å²) in [5.41, 5.74) is 0.231. The number of amides is 3. The van der Waals surface area contributed by atoms with Crippen LogP contribution in [-0.2, 0) is 25.5 Å². The zero-order valence-corrected chi connectivity index (χ0v) is 17.7. The van der Waals surface area contributed by atoms with Crippen LogP contribution in [0.2, 0.25) is 0 Å². The highest BCUT2D eigenvalue weighted by atomic mass is 32.2. The Labute approximate surface area is 181 Å². The fraction of sp³-hybridized carbons (Fsp3) is 0.474. The van der Waals surface area contributed by atoms with E-state index >= 15 is 0 Å². The van der Waals surface area contributed by atoms with Gasteiger partial charge < -0.3 is 20.1 Å². The quantitative estimate of drug-likeness (QED) is 0.626. The molecule has 3 aliphatic heterocycles. The highest BCUT2D eigenvalue weighted by Crippen LogP contribution is 2.40. The van der Waals surface area contributed by atoms with Crippen LogP contribution < -0.4 is 5.32 Å². The second kappa shape index (κ2) is 8.68. The van der Waals surface area contributed by atoms with Gasteiger partial charge in [0.25, 0.3) is 5.91 Å². The maximum Gasteiger partial charge on any atom is 0.410 e. The van der Waals surface area contributed by atoms with Crippen LogP contribution in [-0.4, -0.2) is 75.6 Å². The number of carboxylic acid groups (broad SMARTS) is 1. The number of β-lactam (4-membered cyclic amide) rings is 1. The SMILES string of the molecule is O=C(Cc1cccs1)N[C@@H]1C(=O)N2C(C(=O)O)=C(COC(=O)N3CCCC3)CS[C@H]12. The summed E-state index contributed by atoms with van der Waals surface area (Å²) in [4.78, 5) is 52.5. The second-order valence-electron chi connectivity index (χ2n) is 7.22. The van der Waals surface area contributed by atoms with Gasteiger partial charge in [-0.15, -0.1) is 23.1 Å². The first-order chi connectivity index (χ1) is 14.5. The van der Waals surface area contributed by atoms with E-state index in [0.29, 0.717) is 24.4 Å². The zero-order chi connectivity index (χ0) is 21.3. The highest BCUT2D eigenvalue weighted by Gasteiger charge is 2.54. The van der Waals surface area contributed by atoms with Crippen LogP contribution in [0.4, 0.5) is 4.79 Å². The number of rotatable bonds is 6. The topological polar surface area (TPSA) is 116 Å². The number of thioether (sulfide) groups is 1. The molecule has 4 rings (SSSR count). The van der Waals surface area contributed by atoms with Crippen LogP contribution in [0.5, 0.6) is 0 Å². The van der Waals surface area contributed by atoms with Crippen molar-refractivity contribution in [1.82, 2.24) is 15.1 Å². The fourth-order valence-electron chi connectivity index (χ4n) is 3.73. The van der Waals surface area contributed by atoms with Gasteiger partial charge in [0.2, 0.25) is 5.91 Å². The Kier molecular flexibility index (Phi) is 6.00. The van der Waals surface area contributed by atoms with Crippen molar-refractivity contribution >= 4 is 47.0 Å². The summed E-state index contributed by atoms with van der Waals surface area (Å²) >= 11 is 2.81. The summed E-state index contributed by atoms with van der Waals surface area (Å²) in [6.45, 7) is 1.10. The Hall–Kier alpha value is -2.53. The Morgan fingerprint density at radius 2 is 2.03 bits per heavy atom. The Morgan fingerprint density at radius 1 is 1.27 bits per heavy atom. The number of hydrogen-bond donors (Lipinski definition) is 2. The standard InChI is InChI=1S/C19H21N3O6S2/c23-13(8-12-4-3-7-29-12)20-14-16(24)22-15(18(25)26)11(10-30-17(14)22)9-28-19(27)21-5-1-2-6-21/h3-4,7,14,17H,1-2,5-6,8-10H2,(H,20,23)(H,25,26)/t14-,17-/m1/s1. The van der Waals surface area contributed by atoms with E-state index in [-0.39, 0.29) is 24.6 Å².